The van der Waals surface area contributed by atoms with Crippen LogP contribution >= 0.6 is 0 Å². The second-order valence-corrected chi connectivity index (χ2v) is 11.1. The molecular formula is C33H52NO3+. The van der Waals surface area contributed by atoms with Crippen LogP contribution in [0.25, 0.3) is 0 Å². The number of esters is 1. The van der Waals surface area contributed by atoms with Crippen molar-refractivity contribution in [1.82, 2.24) is 0 Å². The van der Waals surface area contributed by atoms with Crippen molar-refractivity contribution in [2.45, 2.75) is 117 Å². The van der Waals surface area contributed by atoms with Gasteiger partial charge in [-0.25, -0.2) is 4.79 Å². The molecule has 4 nitrogen and oxygen atoms in total. The number of carbonyl (C=O) groups is 1. The van der Waals surface area contributed by atoms with Crippen molar-refractivity contribution < 1.29 is 18.8 Å². The summed E-state index contributed by atoms with van der Waals surface area (Å²) < 4.78 is 12.4. The minimum Gasteiger partial charge on any atom is -0.455 e. The summed E-state index contributed by atoms with van der Waals surface area (Å²) in [5.41, 5.74) is 2.50. The van der Waals surface area contributed by atoms with Crippen LogP contribution in [0.5, 0.6) is 5.75 Å². The van der Waals surface area contributed by atoms with Gasteiger partial charge < -0.3 is 14.0 Å². The lowest BCUT2D eigenvalue weighted by Gasteiger charge is -2.37. The van der Waals surface area contributed by atoms with Crippen molar-refractivity contribution >= 4 is 5.97 Å². The molecule has 0 aliphatic rings. The average molecular weight is 511 g/mol. The summed E-state index contributed by atoms with van der Waals surface area (Å²) in [6.45, 7) is 6.97. The summed E-state index contributed by atoms with van der Waals surface area (Å²) in [4.78, 5) is 13.2. The van der Waals surface area contributed by atoms with E-state index in [1.165, 1.54) is 68.9 Å². The first kappa shape index (κ1) is 30.9. The molecule has 0 N–H and O–H groups in total. The molecule has 4 heteroatoms. The van der Waals surface area contributed by atoms with Gasteiger partial charge in [-0.2, -0.15) is 0 Å². The van der Waals surface area contributed by atoms with Gasteiger partial charge >= 0.3 is 5.97 Å². The summed E-state index contributed by atoms with van der Waals surface area (Å²) in [6.07, 6.45) is 14.1. The largest absolute Gasteiger partial charge is 0.455 e. The van der Waals surface area contributed by atoms with E-state index in [1.807, 2.05) is 37.3 Å². The molecule has 0 spiro atoms. The van der Waals surface area contributed by atoms with Gasteiger partial charge in [0.05, 0.1) is 14.1 Å². The molecule has 0 radical (unpaired) electrons. The van der Waals surface area contributed by atoms with Crippen LogP contribution in [0, 0.1) is 0 Å². The first-order chi connectivity index (χ1) is 17.9. The SMILES string of the molecule is CCCCCCCCCCCc1cccc(OC(C)OC(=O)C(CCC)[N+](C)(C)Cc2ccccc2)c1. The summed E-state index contributed by atoms with van der Waals surface area (Å²) >= 11 is 0. The zero-order valence-corrected chi connectivity index (χ0v) is 24.2. The first-order valence-corrected chi connectivity index (χ1v) is 14.7. The minimum atomic E-state index is -0.633. The summed E-state index contributed by atoms with van der Waals surface area (Å²) in [6, 6.07) is 18.3. The van der Waals surface area contributed by atoms with E-state index < -0.39 is 6.29 Å². The van der Waals surface area contributed by atoms with Gasteiger partial charge in [0.1, 0.15) is 12.3 Å². The van der Waals surface area contributed by atoms with Crippen LogP contribution in [-0.2, 0) is 22.5 Å². The van der Waals surface area contributed by atoms with Gasteiger partial charge in [0.2, 0.25) is 6.29 Å². The Morgan fingerprint density at radius 3 is 2.05 bits per heavy atom. The Kier molecular flexibility index (Phi) is 14.4. The van der Waals surface area contributed by atoms with E-state index in [0.29, 0.717) is 4.48 Å². The lowest BCUT2D eigenvalue weighted by atomic mass is 10.0. The lowest BCUT2D eigenvalue weighted by molar-refractivity contribution is -0.920. The van der Waals surface area contributed by atoms with Gasteiger partial charge in [-0.05, 0) is 37.0 Å². The minimum absolute atomic E-state index is 0.193. The Bertz CT molecular complexity index is 880. The van der Waals surface area contributed by atoms with Gasteiger partial charge in [0.25, 0.3) is 0 Å². The standard InChI is InChI=1S/C33H52NO3/c1-6-8-9-10-11-12-13-14-16-21-29-24-19-25-31(26-29)36-28(3)37-33(35)32(20-7-2)34(4,5)27-30-22-17-15-18-23-30/h15,17-19,22-26,28,32H,6-14,16,20-21,27H2,1-5H3/q+1. The fourth-order valence-corrected chi connectivity index (χ4v) is 5.06. The van der Waals surface area contributed by atoms with Gasteiger partial charge in [-0.1, -0.05) is 108 Å². The quantitative estimate of drug-likeness (QED) is 0.0823. The monoisotopic (exact) mass is 510 g/mol. The molecule has 2 rings (SSSR count). The molecule has 0 fully saturated rings. The number of quaternary nitrogens is 1. The third-order valence-corrected chi connectivity index (χ3v) is 7.16. The van der Waals surface area contributed by atoms with Crippen LogP contribution in [0.1, 0.15) is 103 Å². The Balaban J connectivity index is 1.81. The number of rotatable bonds is 19. The van der Waals surface area contributed by atoms with Crippen molar-refractivity contribution in [3.8, 4) is 5.75 Å². The molecule has 37 heavy (non-hydrogen) atoms. The van der Waals surface area contributed by atoms with Gasteiger partial charge in [0, 0.05) is 18.9 Å². The molecule has 0 saturated carbocycles. The van der Waals surface area contributed by atoms with Crippen molar-refractivity contribution in [2.75, 3.05) is 14.1 Å². The van der Waals surface area contributed by atoms with Crippen molar-refractivity contribution in [1.29, 1.82) is 0 Å². The second-order valence-electron chi connectivity index (χ2n) is 11.1. The number of ether oxygens (including phenoxy) is 2. The van der Waals surface area contributed by atoms with Crippen molar-refractivity contribution in [3.63, 3.8) is 0 Å². The maximum absolute atomic E-state index is 13.2. The predicted molar refractivity (Wildman–Crippen MR) is 155 cm³/mol. The van der Waals surface area contributed by atoms with Crippen LogP contribution in [-0.4, -0.2) is 36.9 Å². The summed E-state index contributed by atoms with van der Waals surface area (Å²) in [5.74, 6) is 0.569. The Hall–Kier alpha value is -2.33. The van der Waals surface area contributed by atoms with E-state index >= 15 is 0 Å². The van der Waals surface area contributed by atoms with E-state index in [0.717, 1.165) is 31.6 Å². The third-order valence-electron chi connectivity index (χ3n) is 7.16. The topological polar surface area (TPSA) is 35.5 Å². The van der Waals surface area contributed by atoms with Crippen LogP contribution in [0.2, 0.25) is 0 Å². The fraction of sp³-hybridized carbons (Fsp3) is 0.606. The molecule has 0 amide bonds. The highest BCUT2D eigenvalue weighted by Gasteiger charge is 2.36. The summed E-state index contributed by atoms with van der Waals surface area (Å²) in [7, 11) is 4.21. The number of hydrogen-bond donors (Lipinski definition) is 0. The van der Waals surface area contributed by atoms with Crippen LogP contribution in [0.3, 0.4) is 0 Å². The zero-order valence-electron chi connectivity index (χ0n) is 24.2. The predicted octanol–water partition coefficient (Wildman–Crippen LogP) is 8.47. The number of nitrogens with zero attached hydrogens (tertiary/aromatic N) is 1. The van der Waals surface area contributed by atoms with E-state index in [2.05, 4.69) is 52.2 Å². The fourth-order valence-electron chi connectivity index (χ4n) is 5.06. The molecule has 2 atom stereocenters. The zero-order chi connectivity index (χ0) is 26.9. The van der Waals surface area contributed by atoms with E-state index in [9.17, 15) is 4.79 Å². The molecule has 0 heterocycles. The first-order valence-electron chi connectivity index (χ1n) is 14.7. The maximum atomic E-state index is 13.2. The molecule has 2 aromatic rings. The summed E-state index contributed by atoms with van der Waals surface area (Å²) in [5, 5.41) is 0. The molecule has 206 valence electrons. The highest BCUT2D eigenvalue weighted by molar-refractivity contribution is 5.74. The molecule has 0 aliphatic heterocycles. The lowest BCUT2D eigenvalue weighted by Crippen LogP contribution is -2.53. The number of benzene rings is 2. The van der Waals surface area contributed by atoms with E-state index in [-0.39, 0.29) is 12.0 Å². The Labute approximate surface area is 227 Å². The van der Waals surface area contributed by atoms with Gasteiger partial charge in [-0.3, -0.25) is 0 Å². The average Bonchev–Trinajstić information content (AvgIpc) is 2.86. The number of carbonyl (C=O) groups excluding carboxylic acids is 1. The van der Waals surface area contributed by atoms with E-state index in [4.69, 9.17) is 9.47 Å². The van der Waals surface area contributed by atoms with Crippen LogP contribution in [0.4, 0.5) is 0 Å². The molecule has 0 aromatic heterocycles. The number of likely N-dealkylation sites (N-methyl/N-ethyl adjacent to an activating group) is 1. The Morgan fingerprint density at radius 2 is 1.41 bits per heavy atom. The molecule has 0 bridgehead atoms. The molecule has 0 aliphatic carbocycles. The molecule has 2 aromatic carbocycles. The van der Waals surface area contributed by atoms with Crippen LogP contribution in [0.15, 0.2) is 54.6 Å². The normalized spacial score (nSPS) is 13.2. The highest BCUT2D eigenvalue weighted by Crippen LogP contribution is 2.22. The molecular weight excluding hydrogens is 458 g/mol. The van der Waals surface area contributed by atoms with Gasteiger partial charge in [0.15, 0.2) is 6.04 Å². The number of aryl methyl sites for hydroxylation is 1. The number of unbranched alkanes of at least 4 members (excludes halogenated alkanes) is 8. The molecule has 0 saturated heterocycles. The number of hydrogen-bond acceptors (Lipinski definition) is 3. The van der Waals surface area contributed by atoms with E-state index in [1.54, 1.807) is 0 Å². The van der Waals surface area contributed by atoms with Crippen molar-refractivity contribution in [2.24, 2.45) is 0 Å². The second kappa shape index (κ2) is 17.2. The molecule has 2 unspecified atom stereocenters. The smallest absolute Gasteiger partial charge is 0.368 e. The van der Waals surface area contributed by atoms with Crippen molar-refractivity contribution in [3.05, 3.63) is 65.7 Å². The third kappa shape index (κ3) is 12.2. The van der Waals surface area contributed by atoms with Crippen LogP contribution < -0.4 is 4.74 Å². The Morgan fingerprint density at radius 1 is 0.784 bits per heavy atom. The highest BCUT2D eigenvalue weighted by atomic mass is 16.7. The van der Waals surface area contributed by atoms with Gasteiger partial charge in [-0.15, -0.1) is 0 Å². The maximum Gasteiger partial charge on any atom is 0.368 e.